The first-order chi connectivity index (χ1) is 22.7. The van der Waals surface area contributed by atoms with Gasteiger partial charge in [0.05, 0.1) is 6.04 Å². The molecule has 5 N–H and O–H groups in total. The molecule has 3 atom stereocenters. The van der Waals surface area contributed by atoms with E-state index in [9.17, 15) is 33.6 Å². The summed E-state index contributed by atoms with van der Waals surface area (Å²) in [5.74, 6) is -3.39. The van der Waals surface area contributed by atoms with Crippen molar-refractivity contribution < 1.29 is 39.7 Å². The van der Waals surface area contributed by atoms with Gasteiger partial charge in [-0.05, 0) is 56.7 Å². The van der Waals surface area contributed by atoms with Crippen molar-refractivity contribution in [2.24, 2.45) is 23.5 Å². The van der Waals surface area contributed by atoms with Crippen LogP contribution in [-0.4, -0.2) is 54.2 Å². The Morgan fingerprint density at radius 3 is 2.17 bits per heavy atom. The van der Waals surface area contributed by atoms with Crippen LogP contribution in [0.5, 0.6) is 0 Å². The number of amides is 4. The Morgan fingerprint density at radius 1 is 0.936 bits per heavy atom. The third-order valence-corrected chi connectivity index (χ3v) is 7.80. The van der Waals surface area contributed by atoms with E-state index in [2.05, 4.69) is 20.7 Å². The van der Waals surface area contributed by atoms with Crippen molar-refractivity contribution >= 4 is 47.3 Å². The summed E-state index contributed by atoms with van der Waals surface area (Å²) in [5.41, 5.74) is 7.69. The maximum Gasteiger partial charge on any atom is 0.312 e. The van der Waals surface area contributed by atoms with Crippen molar-refractivity contribution in [2.45, 2.75) is 78.9 Å². The van der Waals surface area contributed by atoms with E-state index in [0.29, 0.717) is 23.2 Å². The molecule has 12 nitrogen and oxygen atoms in total. The SMILES string of the molecule is [2H]C(=O)OCc1ccc(NC(=O)[C@H](CCCNC(N)=O)CC(=O)[C@@H](NC(=O)CC[C@H](CC(=O)c2ccc(C)cc2)C(C)=O)C(C)C)cc1. The molecule has 0 unspecified atom stereocenters. The molecule has 2 aromatic rings. The first-order valence-electron chi connectivity index (χ1n) is 16.1. The van der Waals surface area contributed by atoms with Gasteiger partial charge in [-0.2, -0.15) is 0 Å². The van der Waals surface area contributed by atoms with Crippen molar-refractivity contribution in [1.29, 1.82) is 0 Å². The summed E-state index contributed by atoms with van der Waals surface area (Å²) < 4.78 is 11.5. The van der Waals surface area contributed by atoms with Crippen LogP contribution in [-0.2, 0) is 35.3 Å². The Balaban J connectivity index is 2.06. The van der Waals surface area contributed by atoms with Gasteiger partial charge in [0.2, 0.25) is 11.8 Å². The minimum atomic E-state index is -1.16. The number of Topliss-reactive ketones (excluding diaryl/α,β-unsaturated/α-hetero) is 3. The fraction of sp³-hybridized carbons (Fsp3) is 0.457. The lowest BCUT2D eigenvalue weighted by Crippen LogP contribution is -2.45. The molecule has 0 aliphatic carbocycles. The molecule has 12 heteroatoms. The van der Waals surface area contributed by atoms with Crippen LogP contribution >= 0.6 is 0 Å². The summed E-state index contributed by atoms with van der Waals surface area (Å²) in [5, 5.41) is 8.00. The monoisotopic (exact) mass is 651 g/mol. The first kappa shape index (κ1) is 36.6. The molecule has 0 heterocycles. The largest absolute Gasteiger partial charge is 0.463 e. The van der Waals surface area contributed by atoms with Gasteiger partial charge in [0, 0.05) is 48.9 Å². The van der Waals surface area contributed by atoms with Crippen LogP contribution in [0.25, 0.3) is 0 Å². The van der Waals surface area contributed by atoms with Gasteiger partial charge in [-0.1, -0.05) is 55.8 Å². The molecule has 254 valence electrons. The van der Waals surface area contributed by atoms with Crippen LogP contribution < -0.4 is 21.7 Å². The lowest BCUT2D eigenvalue weighted by molar-refractivity contribution is -0.131. The highest BCUT2D eigenvalue weighted by molar-refractivity contribution is 5.99. The number of nitrogens with two attached hydrogens (primary N) is 1. The van der Waals surface area contributed by atoms with E-state index < -0.39 is 42.2 Å². The Hall–Kier alpha value is -4.87. The number of carbonyl (C=O) groups is 7. The number of hydrogen-bond acceptors (Lipinski definition) is 8. The number of anilines is 1. The predicted molar refractivity (Wildman–Crippen MR) is 176 cm³/mol. The highest BCUT2D eigenvalue weighted by atomic mass is 16.5. The van der Waals surface area contributed by atoms with E-state index in [1.165, 1.54) is 6.92 Å². The van der Waals surface area contributed by atoms with Crippen LogP contribution in [0.15, 0.2) is 48.5 Å². The maximum atomic E-state index is 13.5. The summed E-state index contributed by atoms with van der Waals surface area (Å²) >= 11 is 0. The average Bonchev–Trinajstić information content (AvgIpc) is 3.02. The maximum absolute atomic E-state index is 13.5. The molecule has 4 amide bonds. The number of rotatable bonds is 20. The topological polar surface area (TPSA) is 191 Å². The molecule has 0 aromatic heterocycles. The molecule has 0 fully saturated rings. The van der Waals surface area contributed by atoms with Crippen LogP contribution in [0.1, 0.15) is 82.2 Å². The second kappa shape index (κ2) is 19.6. The summed E-state index contributed by atoms with van der Waals surface area (Å²) in [6.07, 6.45) is -0.707. The van der Waals surface area contributed by atoms with Gasteiger partial charge in [-0.3, -0.25) is 28.8 Å². The molecule has 0 bridgehead atoms. The van der Waals surface area contributed by atoms with Crippen molar-refractivity contribution in [2.75, 3.05) is 11.9 Å². The number of benzene rings is 2. The Labute approximate surface area is 277 Å². The van der Waals surface area contributed by atoms with Gasteiger partial charge in [-0.15, -0.1) is 0 Å². The Kier molecular flexibility index (Phi) is 15.3. The van der Waals surface area contributed by atoms with E-state index in [1.807, 2.05) is 19.1 Å². The summed E-state index contributed by atoms with van der Waals surface area (Å²) in [6.45, 7) is 6.94. The standard InChI is InChI=1S/C35H46N4O8/c1-22(2)33(39-32(44)16-13-27(24(4)41)18-30(42)26-11-7-23(3)8-12-26)31(43)19-28(6-5-17-37-35(36)46)34(45)38-29-14-9-25(10-15-29)20-47-21-40/h7-12,14-15,21-22,27-28,33H,5-6,13,16-20H2,1-4H3,(H,38,45)(H,39,44)(H3,36,37,46)/t27-,28-,33+/m1/s1/i21D. The fourth-order valence-electron chi connectivity index (χ4n) is 5.00. The Morgan fingerprint density at radius 2 is 1.60 bits per heavy atom. The number of aryl methyl sites for hydroxylation is 1. The number of hydrogen-bond donors (Lipinski definition) is 4. The lowest BCUT2D eigenvalue weighted by atomic mass is 9.88. The molecular formula is C35H46N4O8. The summed E-state index contributed by atoms with van der Waals surface area (Å²) in [6, 6.07) is 11.9. The molecule has 47 heavy (non-hydrogen) atoms. The molecule has 0 saturated heterocycles. The second-order valence-corrected chi connectivity index (χ2v) is 12.0. The zero-order chi connectivity index (χ0) is 35.8. The molecule has 0 radical (unpaired) electrons. The molecular weight excluding hydrogens is 604 g/mol. The molecule has 0 aliphatic rings. The number of ketones is 3. The highest BCUT2D eigenvalue weighted by Crippen LogP contribution is 2.21. The average molecular weight is 652 g/mol. The normalized spacial score (nSPS) is 13.0. The van der Waals surface area contributed by atoms with Gasteiger partial charge in [0.15, 0.2) is 12.9 Å². The van der Waals surface area contributed by atoms with Crippen molar-refractivity contribution in [3.05, 3.63) is 65.2 Å². The second-order valence-electron chi connectivity index (χ2n) is 12.0. The lowest BCUT2D eigenvalue weighted by Gasteiger charge is -2.24. The van der Waals surface area contributed by atoms with E-state index in [4.69, 9.17) is 7.10 Å². The molecule has 0 aliphatic heterocycles. The fourth-order valence-corrected chi connectivity index (χ4v) is 5.00. The third-order valence-electron chi connectivity index (χ3n) is 7.80. The van der Waals surface area contributed by atoms with Gasteiger partial charge >= 0.3 is 6.03 Å². The molecule has 2 aromatic carbocycles. The number of ether oxygens (including phenoxy) is 1. The van der Waals surface area contributed by atoms with Crippen LogP contribution in [0.4, 0.5) is 10.5 Å². The van der Waals surface area contributed by atoms with Crippen molar-refractivity contribution in [3.63, 3.8) is 0 Å². The Bertz CT molecular complexity index is 1440. The summed E-state index contributed by atoms with van der Waals surface area (Å²) in [4.78, 5) is 86.8. The van der Waals surface area contributed by atoms with E-state index >= 15 is 0 Å². The quantitative estimate of drug-likeness (QED) is 0.0937. The van der Waals surface area contributed by atoms with Gasteiger partial charge < -0.3 is 26.4 Å². The van der Waals surface area contributed by atoms with Crippen LogP contribution in [0, 0.1) is 24.7 Å². The number of carbonyl (C=O) groups excluding carboxylic acids is 7. The van der Waals surface area contributed by atoms with E-state index in [-0.39, 0.29) is 68.5 Å². The van der Waals surface area contributed by atoms with E-state index in [1.54, 1.807) is 50.2 Å². The van der Waals surface area contributed by atoms with E-state index in [0.717, 1.165) is 5.56 Å². The minimum Gasteiger partial charge on any atom is -0.463 e. The number of nitrogens with one attached hydrogen (secondary N) is 3. The zero-order valence-corrected chi connectivity index (χ0v) is 27.4. The minimum absolute atomic E-state index is 0.0268. The van der Waals surface area contributed by atoms with Gasteiger partial charge in [0.1, 0.15) is 12.4 Å². The third kappa shape index (κ3) is 14.0. The van der Waals surface area contributed by atoms with Crippen LogP contribution in [0.3, 0.4) is 0 Å². The molecule has 0 saturated carbocycles. The number of urea groups is 1. The predicted octanol–water partition coefficient (Wildman–Crippen LogP) is 4.03. The summed E-state index contributed by atoms with van der Waals surface area (Å²) in [7, 11) is 0. The molecule has 2 rings (SSSR count). The van der Waals surface area contributed by atoms with Crippen LogP contribution in [0.2, 0.25) is 0 Å². The highest BCUT2D eigenvalue weighted by Gasteiger charge is 2.30. The van der Waals surface area contributed by atoms with Gasteiger partial charge in [-0.25, -0.2) is 4.79 Å². The number of primary amides is 1. The first-order valence-corrected chi connectivity index (χ1v) is 15.6. The zero-order valence-electron chi connectivity index (χ0n) is 28.4. The molecule has 0 spiro atoms. The smallest absolute Gasteiger partial charge is 0.312 e. The van der Waals surface area contributed by atoms with Gasteiger partial charge in [0.25, 0.3) is 6.45 Å². The van der Waals surface area contributed by atoms with Crippen molar-refractivity contribution in [1.82, 2.24) is 10.6 Å². The van der Waals surface area contributed by atoms with Crippen molar-refractivity contribution in [3.8, 4) is 0 Å².